The van der Waals surface area contributed by atoms with Gasteiger partial charge in [-0.3, -0.25) is 0 Å². The predicted molar refractivity (Wildman–Crippen MR) is 87.2 cm³/mol. The van der Waals surface area contributed by atoms with Gasteiger partial charge in [-0.25, -0.2) is 18.4 Å². The quantitative estimate of drug-likeness (QED) is 0.820. The molecule has 23 heavy (non-hydrogen) atoms. The maximum absolute atomic E-state index is 11.5. The van der Waals surface area contributed by atoms with Crippen LogP contribution < -0.4 is 10.5 Å². The molecule has 0 aliphatic rings. The zero-order valence-electron chi connectivity index (χ0n) is 12.0. The van der Waals surface area contributed by atoms with Gasteiger partial charge >= 0.3 is 6.09 Å². The van der Waals surface area contributed by atoms with E-state index in [-0.39, 0.29) is 17.4 Å². The van der Waals surface area contributed by atoms with Crippen molar-refractivity contribution in [2.45, 2.75) is 10.8 Å². The number of nitrogens with two attached hydrogens (primary N) is 1. The van der Waals surface area contributed by atoms with Crippen molar-refractivity contribution in [3.05, 3.63) is 52.9 Å². The number of benzene rings is 1. The summed E-state index contributed by atoms with van der Waals surface area (Å²) in [6, 6.07) is 12.3. The van der Waals surface area contributed by atoms with Crippen LogP contribution in [0.5, 0.6) is 0 Å². The van der Waals surface area contributed by atoms with Gasteiger partial charge in [-0.15, -0.1) is 11.3 Å². The molecule has 1 amide bonds. The number of amides is 1. The zero-order valence-corrected chi connectivity index (χ0v) is 13.6. The van der Waals surface area contributed by atoms with Crippen molar-refractivity contribution >= 4 is 27.5 Å². The van der Waals surface area contributed by atoms with Gasteiger partial charge in [0.1, 0.15) is 10.8 Å². The highest BCUT2D eigenvalue weighted by Gasteiger charge is 2.09. The average molecular weight is 350 g/mol. The SMILES string of the molecule is NS(=O)(=O)c1ccc(C#CCNC(=O)OCc2ccccc2)s1. The molecule has 2 aromatic rings. The number of carbonyl (C=O) groups excluding carboxylic acids is 1. The van der Waals surface area contributed by atoms with Gasteiger partial charge in [0.2, 0.25) is 10.0 Å². The minimum Gasteiger partial charge on any atom is -0.445 e. The Kier molecular flexibility index (Phi) is 5.76. The molecule has 0 aliphatic heterocycles. The summed E-state index contributed by atoms with van der Waals surface area (Å²) in [5.41, 5.74) is 0.892. The summed E-state index contributed by atoms with van der Waals surface area (Å²) in [5.74, 6) is 5.45. The van der Waals surface area contributed by atoms with Crippen molar-refractivity contribution in [3.63, 3.8) is 0 Å². The van der Waals surface area contributed by atoms with Crippen LogP contribution in [0.25, 0.3) is 0 Å². The number of alkyl carbamates (subject to hydrolysis) is 1. The van der Waals surface area contributed by atoms with Crippen LogP contribution in [0.1, 0.15) is 10.4 Å². The molecule has 0 saturated heterocycles. The molecule has 0 unspecified atom stereocenters. The topological polar surface area (TPSA) is 98.5 Å². The molecule has 8 heteroatoms. The van der Waals surface area contributed by atoms with Crippen LogP contribution in [-0.4, -0.2) is 21.1 Å². The molecule has 2 rings (SSSR count). The van der Waals surface area contributed by atoms with Crippen molar-refractivity contribution in [1.82, 2.24) is 5.32 Å². The average Bonchev–Trinajstić information content (AvgIpc) is 3.00. The van der Waals surface area contributed by atoms with Crippen molar-refractivity contribution in [2.75, 3.05) is 6.54 Å². The fourth-order valence-corrected chi connectivity index (χ4v) is 3.17. The standard InChI is InChI=1S/C15H14N2O4S2/c16-23(19,20)14-9-8-13(22-14)7-4-10-17-15(18)21-11-12-5-2-1-3-6-12/h1-3,5-6,8-9H,10-11H2,(H,17,18)(H2,16,19,20). The van der Waals surface area contributed by atoms with Gasteiger partial charge in [0, 0.05) is 0 Å². The highest BCUT2D eigenvalue weighted by Crippen LogP contribution is 2.18. The Labute approximate surface area is 138 Å². The van der Waals surface area contributed by atoms with Gasteiger partial charge in [0.05, 0.1) is 11.4 Å². The molecular weight excluding hydrogens is 336 g/mol. The molecule has 0 spiro atoms. The lowest BCUT2D eigenvalue weighted by Gasteiger charge is -2.04. The van der Waals surface area contributed by atoms with Crippen molar-refractivity contribution in [1.29, 1.82) is 0 Å². The van der Waals surface area contributed by atoms with E-state index >= 15 is 0 Å². The molecule has 1 aromatic heterocycles. The number of rotatable bonds is 4. The molecule has 0 radical (unpaired) electrons. The predicted octanol–water partition coefficient (Wildman–Crippen LogP) is 1.67. The van der Waals surface area contributed by atoms with E-state index in [1.54, 1.807) is 6.07 Å². The largest absolute Gasteiger partial charge is 0.445 e. The molecule has 1 aromatic carbocycles. The van der Waals surface area contributed by atoms with E-state index in [1.165, 1.54) is 6.07 Å². The third kappa shape index (κ3) is 5.75. The second-order valence-corrected chi connectivity index (χ2v) is 7.25. The van der Waals surface area contributed by atoms with Crippen LogP contribution in [0.2, 0.25) is 0 Å². The summed E-state index contributed by atoms with van der Waals surface area (Å²) in [7, 11) is -3.70. The Morgan fingerprint density at radius 1 is 1.22 bits per heavy atom. The maximum Gasteiger partial charge on any atom is 0.408 e. The van der Waals surface area contributed by atoms with Gasteiger partial charge in [-0.05, 0) is 17.7 Å². The van der Waals surface area contributed by atoms with Crippen LogP contribution in [0.4, 0.5) is 4.79 Å². The first kappa shape index (κ1) is 17.0. The summed E-state index contributed by atoms with van der Waals surface area (Å²) in [6.45, 7) is 0.277. The molecule has 120 valence electrons. The molecule has 6 nitrogen and oxygen atoms in total. The van der Waals surface area contributed by atoms with E-state index < -0.39 is 16.1 Å². The van der Waals surface area contributed by atoms with Gasteiger partial charge in [-0.1, -0.05) is 42.2 Å². The van der Waals surface area contributed by atoms with Crippen molar-refractivity contribution in [2.24, 2.45) is 5.14 Å². The first-order valence-corrected chi connectivity index (χ1v) is 8.87. The van der Waals surface area contributed by atoms with Gasteiger partial charge < -0.3 is 10.1 Å². The van der Waals surface area contributed by atoms with E-state index in [2.05, 4.69) is 17.2 Å². The molecule has 0 aliphatic carbocycles. The van der Waals surface area contributed by atoms with E-state index in [0.29, 0.717) is 4.88 Å². The number of nitrogens with one attached hydrogen (secondary N) is 1. The van der Waals surface area contributed by atoms with Crippen LogP contribution >= 0.6 is 11.3 Å². The summed E-state index contributed by atoms with van der Waals surface area (Å²) in [4.78, 5) is 12.0. The lowest BCUT2D eigenvalue weighted by Crippen LogP contribution is -2.24. The normalized spacial score (nSPS) is 10.5. The van der Waals surface area contributed by atoms with E-state index in [9.17, 15) is 13.2 Å². The number of primary sulfonamides is 1. The highest BCUT2D eigenvalue weighted by atomic mass is 32.2. The van der Waals surface area contributed by atoms with Gasteiger partial charge in [-0.2, -0.15) is 0 Å². The fraction of sp³-hybridized carbons (Fsp3) is 0.133. The summed E-state index contributed by atoms with van der Waals surface area (Å²) in [6.07, 6.45) is -0.570. The first-order chi connectivity index (χ1) is 10.9. The number of hydrogen-bond acceptors (Lipinski definition) is 5. The lowest BCUT2D eigenvalue weighted by molar-refractivity contribution is 0.141. The van der Waals surface area contributed by atoms with Crippen molar-refractivity contribution in [3.8, 4) is 11.8 Å². The van der Waals surface area contributed by atoms with E-state index in [1.807, 2.05) is 30.3 Å². The van der Waals surface area contributed by atoms with Crippen molar-refractivity contribution < 1.29 is 17.9 Å². The Balaban J connectivity index is 1.77. The number of carbonyl (C=O) groups is 1. The Morgan fingerprint density at radius 2 is 1.96 bits per heavy atom. The van der Waals surface area contributed by atoms with E-state index in [4.69, 9.17) is 9.88 Å². The van der Waals surface area contributed by atoms with Crippen LogP contribution in [0, 0.1) is 11.8 Å². The van der Waals surface area contributed by atoms with Crippen LogP contribution in [0.15, 0.2) is 46.7 Å². The molecule has 0 saturated carbocycles. The minimum atomic E-state index is -3.70. The summed E-state index contributed by atoms with van der Waals surface area (Å²) < 4.78 is 27.3. The monoisotopic (exact) mass is 350 g/mol. The molecule has 3 N–H and O–H groups in total. The van der Waals surface area contributed by atoms with E-state index in [0.717, 1.165) is 16.9 Å². The molecular formula is C15H14N2O4S2. The molecule has 0 atom stereocenters. The smallest absolute Gasteiger partial charge is 0.408 e. The Hall–Kier alpha value is -2.34. The molecule has 1 heterocycles. The molecule has 0 fully saturated rings. The minimum absolute atomic E-state index is 0.0528. The van der Waals surface area contributed by atoms with Crippen LogP contribution in [0.3, 0.4) is 0 Å². The highest BCUT2D eigenvalue weighted by molar-refractivity contribution is 7.91. The van der Waals surface area contributed by atoms with Gasteiger partial charge in [0.25, 0.3) is 0 Å². The number of sulfonamides is 1. The summed E-state index contributed by atoms with van der Waals surface area (Å²) >= 11 is 0.976. The second-order valence-electron chi connectivity index (χ2n) is 4.38. The first-order valence-electron chi connectivity index (χ1n) is 6.51. The van der Waals surface area contributed by atoms with Crippen LogP contribution in [-0.2, 0) is 21.4 Å². The molecule has 0 bridgehead atoms. The number of hydrogen-bond donors (Lipinski definition) is 2. The third-order valence-electron chi connectivity index (χ3n) is 2.61. The second kappa shape index (κ2) is 7.78. The Morgan fingerprint density at radius 3 is 2.61 bits per heavy atom. The van der Waals surface area contributed by atoms with Gasteiger partial charge in [0.15, 0.2) is 0 Å². The summed E-state index contributed by atoms with van der Waals surface area (Å²) in [5, 5.41) is 7.49. The number of thiophene rings is 1. The maximum atomic E-state index is 11.5. The lowest BCUT2D eigenvalue weighted by atomic mass is 10.2. The number of ether oxygens (including phenoxy) is 1. The Bertz CT molecular complexity index is 833. The fourth-order valence-electron chi connectivity index (χ4n) is 1.56. The zero-order chi connectivity index (χ0) is 16.7. The third-order valence-corrected chi connectivity index (χ3v) is 5.05.